The largest absolute Gasteiger partial charge is 0.353 e. The maximum absolute atomic E-state index is 13.4. The third-order valence-corrected chi connectivity index (χ3v) is 5.42. The van der Waals surface area contributed by atoms with Crippen molar-refractivity contribution in [2.24, 2.45) is 5.92 Å². The van der Waals surface area contributed by atoms with Crippen LogP contribution in [-0.2, 0) is 15.9 Å². The molecule has 1 aromatic rings. The van der Waals surface area contributed by atoms with Crippen LogP contribution in [0.2, 0.25) is 0 Å². The second-order valence-corrected chi connectivity index (χ2v) is 7.14. The number of hydrogen-bond acceptors (Lipinski definition) is 2. The number of methoxy groups -OCH3 is 2. The van der Waals surface area contributed by atoms with E-state index in [0.29, 0.717) is 12.0 Å². The van der Waals surface area contributed by atoms with E-state index in [1.54, 1.807) is 14.2 Å². The van der Waals surface area contributed by atoms with Crippen LogP contribution in [0.1, 0.15) is 77.2 Å². The summed E-state index contributed by atoms with van der Waals surface area (Å²) >= 11 is 0. The van der Waals surface area contributed by atoms with Crippen LogP contribution in [0, 0.1) is 17.6 Å². The van der Waals surface area contributed by atoms with E-state index in [1.165, 1.54) is 44.2 Å². The van der Waals surface area contributed by atoms with Gasteiger partial charge in [0.05, 0.1) is 0 Å². The van der Waals surface area contributed by atoms with Gasteiger partial charge in [-0.15, -0.1) is 0 Å². The molecule has 0 aliphatic heterocycles. The van der Waals surface area contributed by atoms with Crippen molar-refractivity contribution in [3.63, 3.8) is 0 Å². The van der Waals surface area contributed by atoms with Crippen LogP contribution < -0.4 is 0 Å². The van der Waals surface area contributed by atoms with Gasteiger partial charge in [-0.2, -0.15) is 0 Å². The van der Waals surface area contributed by atoms with Crippen molar-refractivity contribution in [2.45, 2.75) is 83.8 Å². The quantitative estimate of drug-likeness (QED) is 0.269. The first-order chi connectivity index (χ1) is 12.5. The van der Waals surface area contributed by atoms with Crippen molar-refractivity contribution in [1.82, 2.24) is 0 Å². The van der Waals surface area contributed by atoms with Crippen molar-refractivity contribution >= 4 is 0 Å². The van der Waals surface area contributed by atoms with Gasteiger partial charge in [0.25, 0.3) is 0 Å². The number of aryl methyl sites for hydroxylation is 1. The van der Waals surface area contributed by atoms with E-state index in [1.807, 2.05) is 0 Å². The molecule has 1 atom stereocenters. The van der Waals surface area contributed by atoms with E-state index in [2.05, 4.69) is 13.8 Å². The molecule has 0 N–H and O–H groups in total. The van der Waals surface area contributed by atoms with Gasteiger partial charge in [0.15, 0.2) is 5.79 Å². The van der Waals surface area contributed by atoms with Crippen LogP contribution in [0.25, 0.3) is 0 Å². The first-order valence-corrected chi connectivity index (χ1v) is 10.1. The highest BCUT2D eigenvalue weighted by Crippen LogP contribution is 2.34. The first-order valence-electron chi connectivity index (χ1n) is 10.1. The molecule has 150 valence electrons. The molecule has 0 radical (unpaired) electrons. The Labute approximate surface area is 158 Å². The summed E-state index contributed by atoms with van der Waals surface area (Å²) in [5, 5.41) is 0. The Morgan fingerprint density at radius 3 is 1.96 bits per heavy atom. The molecule has 0 fully saturated rings. The van der Waals surface area contributed by atoms with Gasteiger partial charge >= 0.3 is 0 Å². The van der Waals surface area contributed by atoms with Crippen LogP contribution in [0.5, 0.6) is 0 Å². The fraction of sp³-hybridized carbons (Fsp3) is 0.727. The molecule has 1 aromatic carbocycles. The topological polar surface area (TPSA) is 18.5 Å². The maximum Gasteiger partial charge on any atom is 0.170 e. The Morgan fingerprint density at radius 1 is 0.846 bits per heavy atom. The molecular formula is C22H36F2O2. The van der Waals surface area contributed by atoms with Crippen LogP contribution in [0.3, 0.4) is 0 Å². The summed E-state index contributed by atoms with van der Waals surface area (Å²) in [4.78, 5) is 0. The standard InChI is InChI=1S/C22H36F2O2/c1-5-7-8-9-10-11-12-19(22(6-2,25-3)26-4)14-13-18-15-20(23)17-21(24)16-18/h15-17,19H,5-14H2,1-4H3. The Balaban J connectivity index is 2.70. The second kappa shape index (κ2) is 12.4. The molecule has 0 saturated heterocycles. The Hall–Kier alpha value is -1.00. The first kappa shape index (κ1) is 23.0. The average molecular weight is 371 g/mol. The monoisotopic (exact) mass is 370 g/mol. The van der Waals surface area contributed by atoms with Gasteiger partial charge in [0.2, 0.25) is 0 Å². The van der Waals surface area contributed by atoms with Gasteiger partial charge in [-0.1, -0.05) is 52.4 Å². The molecule has 4 heteroatoms. The van der Waals surface area contributed by atoms with Crippen LogP contribution in [-0.4, -0.2) is 20.0 Å². The maximum atomic E-state index is 13.4. The van der Waals surface area contributed by atoms with E-state index < -0.39 is 17.4 Å². The predicted octanol–water partition coefficient (Wildman–Crippen LogP) is 6.66. The molecule has 0 amide bonds. The lowest BCUT2D eigenvalue weighted by molar-refractivity contribution is -0.244. The smallest absolute Gasteiger partial charge is 0.170 e. The van der Waals surface area contributed by atoms with Crippen molar-refractivity contribution in [3.05, 3.63) is 35.4 Å². The van der Waals surface area contributed by atoms with Crippen LogP contribution in [0.4, 0.5) is 8.78 Å². The molecule has 0 spiro atoms. The highest BCUT2D eigenvalue weighted by molar-refractivity contribution is 5.18. The summed E-state index contributed by atoms with van der Waals surface area (Å²) < 4.78 is 38.4. The highest BCUT2D eigenvalue weighted by Gasteiger charge is 2.36. The number of ether oxygens (including phenoxy) is 2. The summed E-state index contributed by atoms with van der Waals surface area (Å²) in [6.45, 7) is 4.28. The van der Waals surface area contributed by atoms with E-state index in [4.69, 9.17) is 9.47 Å². The zero-order valence-corrected chi connectivity index (χ0v) is 17.0. The average Bonchev–Trinajstić information content (AvgIpc) is 2.62. The molecule has 1 unspecified atom stereocenters. The zero-order chi connectivity index (χ0) is 19.4. The minimum atomic E-state index is -0.630. The van der Waals surface area contributed by atoms with Gasteiger partial charge in [0.1, 0.15) is 11.6 Å². The number of rotatable bonds is 14. The number of benzene rings is 1. The van der Waals surface area contributed by atoms with Crippen LogP contribution in [0.15, 0.2) is 18.2 Å². The Kier molecular flexibility index (Phi) is 11.0. The molecule has 26 heavy (non-hydrogen) atoms. The number of hydrogen-bond donors (Lipinski definition) is 0. The normalized spacial score (nSPS) is 13.2. The van der Waals surface area contributed by atoms with Crippen molar-refractivity contribution in [2.75, 3.05) is 14.2 Å². The molecule has 2 nitrogen and oxygen atoms in total. The second-order valence-electron chi connectivity index (χ2n) is 7.14. The van der Waals surface area contributed by atoms with Gasteiger partial charge in [0, 0.05) is 26.2 Å². The molecule has 0 aliphatic rings. The lowest BCUT2D eigenvalue weighted by atomic mass is 9.85. The van der Waals surface area contributed by atoms with E-state index in [9.17, 15) is 8.78 Å². The molecule has 0 heterocycles. The van der Waals surface area contributed by atoms with Crippen molar-refractivity contribution < 1.29 is 18.3 Å². The molecule has 0 bridgehead atoms. The molecular weight excluding hydrogens is 334 g/mol. The van der Waals surface area contributed by atoms with E-state index >= 15 is 0 Å². The highest BCUT2D eigenvalue weighted by atomic mass is 19.1. The van der Waals surface area contributed by atoms with Gasteiger partial charge < -0.3 is 9.47 Å². The van der Waals surface area contributed by atoms with Crippen molar-refractivity contribution in [3.8, 4) is 0 Å². The number of unbranched alkanes of at least 4 members (excludes halogenated alkanes) is 5. The minimum absolute atomic E-state index is 0.194. The molecule has 1 rings (SSSR count). The SMILES string of the molecule is CCCCCCCCC(CCc1cc(F)cc(F)c1)C(CC)(OC)OC. The summed E-state index contributed by atoms with van der Waals surface area (Å²) in [6, 6.07) is 3.74. The predicted molar refractivity (Wildman–Crippen MR) is 103 cm³/mol. The van der Waals surface area contributed by atoms with Gasteiger partial charge in [-0.05, 0) is 43.4 Å². The van der Waals surface area contributed by atoms with Crippen molar-refractivity contribution in [1.29, 1.82) is 0 Å². The lowest BCUT2D eigenvalue weighted by Crippen LogP contribution is -2.41. The third kappa shape index (κ3) is 7.32. The Bertz CT molecular complexity index is 472. The summed E-state index contributed by atoms with van der Waals surface area (Å²) in [7, 11) is 3.37. The zero-order valence-electron chi connectivity index (χ0n) is 17.0. The molecule has 0 aromatic heterocycles. The lowest BCUT2D eigenvalue weighted by Gasteiger charge is -2.38. The fourth-order valence-corrected chi connectivity index (χ4v) is 3.85. The number of halogens is 2. The minimum Gasteiger partial charge on any atom is -0.353 e. The summed E-state index contributed by atoms with van der Waals surface area (Å²) in [6.07, 6.45) is 10.6. The Morgan fingerprint density at radius 2 is 1.42 bits per heavy atom. The summed E-state index contributed by atoms with van der Waals surface area (Å²) in [5.74, 6) is -1.48. The molecule has 0 saturated carbocycles. The van der Waals surface area contributed by atoms with E-state index in [0.717, 1.165) is 31.7 Å². The fourth-order valence-electron chi connectivity index (χ4n) is 3.85. The third-order valence-electron chi connectivity index (χ3n) is 5.42. The van der Waals surface area contributed by atoms with Gasteiger partial charge in [-0.25, -0.2) is 8.78 Å². The van der Waals surface area contributed by atoms with E-state index in [-0.39, 0.29) is 5.92 Å². The molecule has 0 aliphatic carbocycles. The summed E-state index contributed by atoms with van der Waals surface area (Å²) in [5.41, 5.74) is 0.688. The van der Waals surface area contributed by atoms with Gasteiger partial charge in [-0.3, -0.25) is 0 Å². The van der Waals surface area contributed by atoms with Crippen LogP contribution >= 0.6 is 0 Å².